The Morgan fingerprint density at radius 1 is 1.25 bits per heavy atom. The zero-order valence-electron chi connectivity index (χ0n) is 13.6. The Morgan fingerprint density at radius 2 is 2.12 bits per heavy atom. The third-order valence-corrected chi connectivity index (χ3v) is 6.20. The van der Waals surface area contributed by atoms with Crippen molar-refractivity contribution in [2.75, 3.05) is 19.7 Å². The maximum Gasteiger partial charge on any atom is 0.316 e. The van der Waals surface area contributed by atoms with Crippen molar-refractivity contribution in [3.8, 4) is 6.01 Å². The predicted molar refractivity (Wildman–Crippen MR) is 97.4 cm³/mol. The lowest BCUT2D eigenvalue weighted by Gasteiger charge is -2.31. The second kappa shape index (κ2) is 7.45. The molecule has 7 heteroatoms. The maximum atomic E-state index is 5.77. The number of rotatable bonds is 5. The van der Waals surface area contributed by atoms with Crippen LogP contribution in [0.4, 0.5) is 0 Å². The van der Waals surface area contributed by atoms with Gasteiger partial charge in [0.1, 0.15) is 5.01 Å². The first-order valence-corrected chi connectivity index (χ1v) is 10.2. The minimum atomic E-state index is 0.465. The SMILES string of the molecule is Brc1cnc(OCC2CCCN(Cc3nc4c(s3)CCC4)C2)nc1. The fourth-order valence-corrected chi connectivity index (χ4v) is 4.91. The molecular weight excluding hydrogens is 388 g/mol. The van der Waals surface area contributed by atoms with E-state index in [1.54, 1.807) is 12.4 Å². The standard InChI is InChI=1S/C17H21BrN4OS/c18-13-7-19-17(20-8-13)23-11-12-3-2-6-22(9-12)10-16-21-14-4-1-5-15(14)24-16/h7-8,12H,1-6,9-11H2. The molecule has 0 aromatic carbocycles. The summed E-state index contributed by atoms with van der Waals surface area (Å²) in [7, 11) is 0. The van der Waals surface area contributed by atoms with Crippen LogP contribution in [0.15, 0.2) is 16.9 Å². The molecule has 0 amide bonds. The summed E-state index contributed by atoms with van der Waals surface area (Å²) in [4.78, 5) is 17.2. The second-order valence-electron chi connectivity index (χ2n) is 6.57. The number of aryl methyl sites for hydroxylation is 2. The largest absolute Gasteiger partial charge is 0.463 e. The van der Waals surface area contributed by atoms with E-state index in [1.165, 1.54) is 47.7 Å². The fraction of sp³-hybridized carbons (Fsp3) is 0.588. The number of hydrogen-bond acceptors (Lipinski definition) is 6. The molecule has 2 aliphatic rings. The number of ether oxygens (including phenoxy) is 1. The van der Waals surface area contributed by atoms with Crippen molar-refractivity contribution in [3.05, 3.63) is 32.4 Å². The lowest BCUT2D eigenvalue weighted by Crippen LogP contribution is -2.37. The van der Waals surface area contributed by atoms with Crippen molar-refractivity contribution < 1.29 is 4.74 Å². The molecule has 0 spiro atoms. The van der Waals surface area contributed by atoms with Crippen molar-refractivity contribution in [2.45, 2.75) is 38.6 Å². The van der Waals surface area contributed by atoms with Crippen molar-refractivity contribution in [2.24, 2.45) is 5.92 Å². The van der Waals surface area contributed by atoms with E-state index in [-0.39, 0.29) is 0 Å². The van der Waals surface area contributed by atoms with Crippen LogP contribution in [0.5, 0.6) is 6.01 Å². The first-order chi connectivity index (χ1) is 11.8. The number of piperidine rings is 1. The predicted octanol–water partition coefficient (Wildman–Crippen LogP) is 3.48. The summed E-state index contributed by atoms with van der Waals surface area (Å²) in [6.07, 6.45) is 9.57. The van der Waals surface area contributed by atoms with Gasteiger partial charge >= 0.3 is 6.01 Å². The van der Waals surface area contributed by atoms with Crippen molar-refractivity contribution in [1.82, 2.24) is 19.9 Å². The Balaban J connectivity index is 1.29. The molecule has 0 saturated carbocycles. The molecule has 3 heterocycles. The van der Waals surface area contributed by atoms with Gasteiger partial charge in [0.05, 0.1) is 23.3 Å². The molecule has 2 aromatic rings. The summed E-state index contributed by atoms with van der Waals surface area (Å²) in [6, 6.07) is 0.465. The molecule has 0 N–H and O–H groups in total. The Morgan fingerprint density at radius 3 is 2.96 bits per heavy atom. The quantitative estimate of drug-likeness (QED) is 0.757. The van der Waals surface area contributed by atoms with Gasteiger partial charge in [-0.3, -0.25) is 4.90 Å². The van der Waals surface area contributed by atoms with E-state index < -0.39 is 0 Å². The summed E-state index contributed by atoms with van der Waals surface area (Å²) in [5, 5.41) is 1.29. The van der Waals surface area contributed by atoms with Gasteiger partial charge in [-0.15, -0.1) is 11.3 Å². The second-order valence-corrected chi connectivity index (χ2v) is 8.65. The van der Waals surface area contributed by atoms with Gasteiger partial charge in [0, 0.05) is 29.7 Å². The first kappa shape index (κ1) is 16.4. The third kappa shape index (κ3) is 3.95. The smallest absolute Gasteiger partial charge is 0.316 e. The van der Waals surface area contributed by atoms with Gasteiger partial charge in [-0.25, -0.2) is 15.0 Å². The first-order valence-electron chi connectivity index (χ1n) is 8.56. The van der Waals surface area contributed by atoms with Crippen LogP contribution in [0.3, 0.4) is 0 Å². The monoisotopic (exact) mass is 408 g/mol. The average Bonchev–Trinajstić information content (AvgIpc) is 3.16. The minimum absolute atomic E-state index is 0.465. The molecule has 0 bridgehead atoms. The zero-order chi connectivity index (χ0) is 16.4. The highest BCUT2D eigenvalue weighted by atomic mass is 79.9. The van der Waals surface area contributed by atoms with Gasteiger partial charge in [-0.2, -0.15) is 0 Å². The third-order valence-electron chi connectivity index (χ3n) is 4.65. The molecule has 1 atom stereocenters. The van der Waals surface area contributed by atoms with E-state index in [9.17, 15) is 0 Å². The van der Waals surface area contributed by atoms with Gasteiger partial charge in [0.2, 0.25) is 0 Å². The normalized spacial score (nSPS) is 21.0. The summed E-state index contributed by atoms with van der Waals surface area (Å²) in [5.74, 6) is 0.540. The number of aromatic nitrogens is 3. The molecule has 5 nitrogen and oxygen atoms in total. The maximum absolute atomic E-state index is 5.77. The highest BCUT2D eigenvalue weighted by Gasteiger charge is 2.23. The van der Waals surface area contributed by atoms with Crippen LogP contribution < -0.4 is 4.74 Å². The van der Waals surface area contributed by atoms with Gasteiger partial charge in [0.25, 0.3) is 0 Å². The van der Waals surface area contributed by atoms with Crippen LogP contribution in [0.25, 0.3) is 0 Å². The Labute approximate surface area is 154 Å². The number of fused-ring (bicyclic) bond motifs is 1. The van der Waals surface area contributed by atoms with Crippen LogP contribution >= 0.6 is 27.3 Å². The molecule has 1 aliphatic heterocycles. The molecule has 1 aliphatic carbocycles. The van der Waals surface area contributed by atoms with Crippen molar-refractivity contribution >= 4 is 27.3 Å². The number of likely N-dealkylation sites (tertiary alicyclic amines) is 1. The van der Waals surface area contributed by atoms with Crippen molar-refractivity contribution in [1.29, 1.82) is 0 Å². The number of halogens is 1. The van der Waals surface area contributed by atoms with Crippen LogP contribution in [0, 0.1) is 5.92 Å². The Bertz CT molecular complexity index is 669. The summed E-state index contributed by atoms with van der Waals surface area (Å²) in [6.45, 7) is 3.91. The molecule has 4 rings (SSSR count). The van der Waals surface area contributed by atoms with E-state index >= 15 is 0 Å². The number of thiazole rings is 1. The summed E-state index contributed by atoms with van der Waals surface area (Å²) >= 11 is 5.26. The van der Waals surface area contributed by atoms with E-state index in [1.807, 2.05) is 11.3 Å². The number of hydrogen-bond donors (Lipinski definition) is 0. The number of nitrogens with zero attached hydrogens (tertiary/aromatic N) is 4. The molecule has 2 aromatic heterocycles. The molecule has 1 saturated heterocycles. The molecule has 1 fully saturated rings. The lowest BCUT2D eigenvalue weighted by atomic mass is 9.99. The summed E-state index contributed by atoms with van der Waals surface area (Å²) < 4.78 is 6.64. The minimum Gasteiger partial charge on any atom is -0.463 e. The average molecular weight is 409 g/mol. The Hall–Kier alpha value is -1.05. The Kier molecular flexibility index (Phi) is 5.10. The van der Waals surface area contributed by atoms with Gasteiger partial charge in [0.15, 0.2) is 0 Å². The van der Waals surface area contributed by atoms with Crippen LogP contribution in [0.2, 0.25) is 0 Å². The molecule has 1 unspecified atom stereocenters. The van der Waals surface area contributed by atoms with E-state index in [2.05, 4.69) is 30.8 Å². The van der Waals surface area contributed by atoms with Gasteiger partial charge in [-0.05, 0) is 54.6 Å². The topological polar surface area (TPSA) is 51.1 Å². The van der Waals surface area contributed by atoms with Crippen LogP contribution in [0.1, 0.15) is 34.8 Å². The highest BCUT2D eigenvalue weighted by molar-refractivity contribution is 9.10. The zero-order valence-corrected chi connectivity index (χ0v) is 16.0. The fourth-order valence-electron chi connectivity index (χ4n) is 3.50. The van der Waals surface area contributed by atoms with Crippen molar-refractivity contribution in [3.63, 3.8) is 0 Å². The summed E-state index contributed by atoms with van der Waals surface area (Å²) in [5.41, 5.74) is 1.36. The van der Waals surface area contributed by atoms with E-state index in [0.29, 0.717) is 18.5 Å². The van der Waals surface area contributed by atoms with Crippen LogP contribution in [-0.4, -0.2) is 39.5 Å². The van der Waals surface area contributed by atoms with E-state index in [0.717, 1.165) is 24.1 Å². The highest BCUT2D eigenvalue weighted by Crippen LogP contribution is 2.29. The molecule has 24 heavy (non-hydrogen) atoms. The lowest BCUT2D eigenvalue weighted by molar-refractivity contribution is 0.120. The molecule has 0 radical (unpaired) electrons. The molecule has 128 valence electrons. The van der Waals surface area contributed by atoms with Crippen LogP contribution in [-0.2, 0) is 19.4 Å². The van der Waals surface area contributed by atoms with Gasteiger partial charge in [-0.1, -0.05) is 0 Å². The van der Waals surface area contributed by atoms with E-state index in [4.69, 9.17) is 9.72 Å². The van der Waals surface area contributed by atoms with Gasteiger partial charge < -0.3 is 4.74 Å². The molecular formula is C17H21BrN4OS.